The van der Waals surface area contributed by atoms with Crippen LogP contribution in [-0.4, -0.2) is 16.4 Å². The lowest BCUT2D eigenvalue weighted by atomic mass is 9.98. The first-order chi connectivity index (χ1) is 9.66. The number of nitrogens with zero attached hydrogens (tertiary/aromatic N) is 2. The molecular weight excluding hydrogens is 299 g/mol. The van der Waals surface area contributed by atoms with E-state index in [1.165, 1.54) is 16.4 Å². The number of fused-ring (bicyclic) bond motifs is 1. The van der Waals surface area contributed by atoms with Crippen molar-refractivity contribution in [2.24, 2.45) is 0 Å². The number of aromatic nitrogens is 2. The minimum atomic E-state index is -0.397. The Balaban J connectivity index is 1.94. The smallest absolute Gasteiger partial charge is 0.287 e. The van der Waals surface area contributed by atoms with Gasteiger partial charge in [0.2, 0.25) is 0 Å². The highest BCUT2D eigenvalue weighted by Gasteiger charge is 2.22. The van der Waals surface area contributed by atoms with Gasteiger partial charge in [0.15, 0.2) is 0 Å². The molecule has 0 radical (unpaired) electrons. The molecule has 3 rings (SSSR count). The molecule has 1 aliphatic heterocycles. The summed E-state index contributed by atoms with van der Waals surface area (Å²) in [5.74, 6) is 0. The molecule has 1 atom stereocenters. The van der Waals surface area contributed by atoms with E-state index in [2.05, 4.69) is 11.2 Å². The first-order valence-corrected chi connectivity index (χ1v) is 7.03. The molecule has 104 valence electrons. The number of halogens is 2. The second-order valence-electron chi connectivity index (χ2n) is 4.60. The average Bonchev–Trinajstić information content (AvgIpc) is 2.48. The molecule has 0 fully saturated rings. The summed E-state index contributed by atoms with van der Waals surface area (Å²) in [5, 5.41) is 4.17. The Labute approximate surface area is 125 Å². The summed E-state index contributed by atoms with van der Waals surface area (Å²) < 4.78 is 7.05. The van der Waals surface area contributed by atoms with Gasteiger partial charge >= 0.3 is 0 Å². The molecule has 0 saturated heterocycles. The quantitative estimate of drug-likeness (QED) is 0.856. The van der Waals surface area contributed by atoms with Crippen LogP contribution in [0.3, 0.4) is 0 Å². The fraction of sp³-hybridized carbons (Fsp3) is 0.286. The van der Waals surface area contributed by atoms with Crippen LogP contribution in [0.4, 0.5) is 0 Å². The fourth-order valence-electron chi connectivity index (χ4n) is 2.36. The number of rotatable bonds is 2. The fourth-order valence-corrected chi connectivity index (χ4v) is 2.63. The molecule has 1 aliphatic rings. The number of hydrogen-bond acceptors (Lipinski definition) is 3. The van der Waals surface area contributed by atoms with Crippen LogP contribution < -0.4 is 5.56 Å². The van der Waals surface area contributed by atoms with Gasteiger partial charge < -0.3 is 4.74 Å². The molecule has 6 heteroatoms. The van der Waals surface area contributed by atoms with Crippen molar-refractivity contribution in [3.63, 3.8) is 0 Å². The van der Waals surface area contributed by atoms with Crippen molar-refractivity contribution in [2.45, 2.75) is 19.1 Å². The second-order valence-corrected chi connectivity index (χ2v) is 5.39. The molecule has 0 spiro atoms. The summed E-state index contributed by atoms with van der Waals surface area (Å²) in [5.41, 5.74) is 1.95. The Kier molecular flexibility index (Phi) is 3.78. The summed E-state index contributed by atoms with van der Waals surface area (Å²) >= 11 is 11.6. The minimum absolute atomic E-state index is 0.00855. The molecule has 20 heavy (non-hydrogen) atoms. The van der Waals surface area contributed by atoms with Crippen LogP contribution in [0.15, 0.2) is 35.3 Å². The van der Waals surface area contributed by atoms with E-state index in [9.17, 15) is 4.79 Å². The van der Waals surface area contributed by atoms with Crippen molar-refractivity contribution in [1.82, 2.24) is 9.78 Å². The highest BCUT2D eigenvalue weighted by molar-refractivity contribution is 6.41. The minimum Gasteiger partial charge on any atom is -0.371 e. The Morgan fingerprint density at radius 1 is 1.35 bits per heavy atom. The van der Waals surface area contributed by atoms with Gasteiger partial charge in [0.25, 0.3) is 5.56 Å². The zero-order valence-electron chi connectivity index (χ0n) is 10.6. The van der Waals surface area contributed by atoms with E-state index in [4.69, 9.17) is 27.9 Å². The molecule has 0 bridgehead atoms. The van der Waals surface area contributed by atoms with E-state index in [1.807, 2.05) is 18.2 Å². The normalized spacial score (nSPS) is 17.8. The first kappa shape index (κ1) is 13.6. The summed E-state index contributed by atoms with van der Waals surface area (Å²) in [6.07, 6.45) is 2.07. The van der Waals surface area contributed by atoms with Gasteiger partial charge in [-0.05, 0) is 17.5 Å². The van der Waals surface area contributed by atoms with Gasteiger partial charge in [0, 0.05) is 0 Å². The van der Waals surface area contributed by atoms with E-state index in [0.717, 1.165) is 12.0 Å². The van der Waals surface area contributed by atoms with E-state index >= 15 is 0 Å². The number of ether oxygens (including phenoxy) is 1. The first-order valence-electron chi connectivity index (χ1n) is 6.27. The SMILES string of the molecule is O=c1c(Cl)c(Cl)cnn1CC1OCCc2ccccc21. The maximum Gasteiger partial charge on any atom is 0.287 e. The van der Waals surface area contributed by atoms with Crippen LogP contribution in [0.1, 0.15) is 17.2 Å². The third-order valence-corrected chi connectivity index (χ3v) is 4.12. The van der Waals surface area contributed by atoms with E-state index in [1.54, 1.807) is 0 Å². The summed E-state index contributed by atoms with van der Waals surface area (Å²) in [6.45, 7) is 0.963. The second kappa shape index (κ2) is 5.56. The Morgan fingerprint density at radius 3 is 3.00 bits per heavy atom. The third kappa shape index (κ3) is 2.46. The van der Waals surface area contributed by atoms with E-state index < -0.39 is 5.56 Å². The highest BCUT2D eigenvalue weighted by Crippen LogP contribution is 2.28. The van der Waals surface area contributed by atoms with Crippen LogP contribution in [0.5, 0.6) is 0 Å². The average molecular weight is 311 g/mol. The monoisotopic (exact) mass is 310 g/mol. The Hall–Kier alpha value is -1.36. The Morgan fingerprint density at radius 2 is 2.15 bits per heavy atom. The third-order valence-electron chi connectivity index (χ3n) is 3.37. The molecule has 0 amide bonds. The predicted molar refractivity (Wildman–Crippen MR) is 77.4 cm³/mol. The van der Waals surface area contributed by atoms with Gasteiger partial charge in [-0.1, -0.05) is 47.5 Å². The van der Waals surface area contributed by atoms with Gasteiger partial charge in [-0.2, -0.15) is 5.10 Å². The lowest BCUT2D eigenvalue weighted by Crippen LogP contribution is -2.29. The maximum absolute atomic E-state index is 12.0. The molecule has 1 aromatic carbocycles. The van der Waals surface area contributed by atoms with Crippen LogP contribution in [0.2, 0.25) is 10.0 Å². The zero-order chi connectivity index (χ0) is 14.1. The number of hydrogen-bond donors (Lipinski definition) is 0. The lowest BCUT2D eigenvalue weighted by Gasteiger charge is -2.26. The topological polar surface area (TPSA) is 44.1 Å². The van der Waals surface area contributed by atoms with Crippen molar-refractivity contribution in [2.75, 3.05) is 6.61 Å². The zero-order valence-corrected chi connectivity index (χ0v) is 12.1. The van der Waals surface area contributed by atoms with Crippen LogP contribution in [0.25, 0.3) is 0 Å². The number of benzene rings is 1. The molecule has 4 nitrogen and oxygen atoms in total. The van der Waals surface area contributed by atoms with Crippen LogP contribution >= 0.6 is 23.2 Å². The van der Waals surface area contributed by atoms with Crippen molar-refractivity contribution < 1.29 is 4.74 Å². The molecule has 2 heterocycles. The van der Waals surface area contributed by atoms with Gasteiger partial charge in [-0.25, -0.2) is 4.68 Å². The largest absolute Gasteiger partial charge is 0.371 e. The van der Waals surface area contributed by atoms with Crippen LogP contribution in [0, 0.1) is 0 Å². The maximum atomic E-state index is 12.0. The molecule has 0 aliphatic carbocycles. The van der Waals surface area contributed by atoms with Crippen molar-refractivity contribution >= 4 is 23.2 Å². The molecule has 1 unspecified atom stereocenters. The van der Waals surface area contributed by atoms with E-state index in [0.29, 0.717) is 13.2 Å². The van der Waals surface area contributed by atoms with Gasteiger partial charge in [0.05, 0.1) is 24.4 Å². The van der Waals surface area contributed by atoms with E-state index in [-0.39, 0.29) is 16.1 Å². The van der Waals surface area contributed by atoms with Crippen LogP contribution in [-0.2, 0) is 17.7 Å². The molecule has 0 saturated carbocycles. The van der Waals surface area contributed by atoms with Gasteiger partial charge in [-0.15, -0.1) is 0 Å². The van der Waals surface area contributed by atoms with Crippen molar-refractivity contribution in [1.29, 1.82) is 0 Å². The van der Waals surface area contributed by atoms with Gasteiger partial charge in [0.1, 0.15) is 11.1 Å². The van der Waals surface area contributed by atoms with Gasteiger partial charge in [-0.3, -0.25) is 4.79 Å². The molecule has 0 N–H and O–H groups in total. The standard InChI is InChI=1S/C14H12Cl2N2O2/c15-11-7-17-18(14(19)13(11)16)8-12-10-4-2-1-3-9(10)5-6-20-12/h1-4,7,12H,5-6,8H2. The van der Waals surface area contributed by atoms with Crippen molar-refractivity contribution in [3.05, 3.63) is 62.0 Å². The summed E-state index contributed by atoms with van der Waals surface area (Å²) in [6, 6.07) is 8.06. The lowest BCUT2D eigenvalue weighted by molar-refractivity contribution is 0.0273. The van der Waals surface area contributed by atoms with Crippen molar-refractivity contribution in [3.8, 4) is 0 Å². The Bertz CT molecular complexity index is 700. The summed E-state index contributed by atoms with van der Waals surface area (Å²) in [4.78, 5) is 12.0. The molecule has 2 aromatic rings. The molecular formula is C14H12Cl2N2O2. The highest BCUT2D eigenvalue weighted by atomic mass is 35.5. The predicted octanol–water partition coefficient (Wildman–Crippen LogP) is 2.86. The summed E-state index contributed by atoms with van der Waals surface area (Å²) in [7, 11) is 0. The molecule has 1 aromatic heterocycles.